The van der Waals surface area contributed by atoms with Gasteiger partial charge in [0.2, 0.25) is 10.0 Å². The minimum atomic E-state index is -3.44. The number of rotatable bonds is 4. The molecule has 0 saturated heterocycles. The summed E-state index contributed by atoms with van der Waals surface area (Å²) in [5.41, 5.74) is -0.393. The van der Waals surface area contributed by atoms with E-state index in [1.165, 1.54) is 0 Å². The third kappa shape index (κ3) is 4.78. The number of benzene rings is 1. The third-order valence-corrected chi connectivity index (χ3v) is 4.15. The standard InChI is InChI=1S/C14H23NO2S/c1-13(2,3)11-14(4,5)15-18(16,17)12-9-7-6-8-10-12/h6-10,15H,11H2,1-5H3. The first kappa shape index (κ1) is 15.2. The Morgan fingerprint density at radius 3 is 1.94 bits per heavy atom. The van der Waals surface area contributed by atoms with E-state index in [-0.39, 0.29) is 5.41 Å². The van der Waals surface area contributed by atoms with Crippen LogP contribution in [-0.2, 0) is 10.0 Å². The average Bonchev–Trinajstić information content (AvgIpc) is 2.13. The molecule has 0 atom stereocenters. The maximum atomic E-state index is 12.2. The van der Waals surface area contributed by atoms with E-state index >= 15 is 0 Å². The zero-order chi connectivity index (χ0) is 14.0. The molecule has 0 bridgehead atoms. The predicted molar refractivity (Wildman–Crippen MR) is 74.9 cm³/mol. The van der Waals surface area contributed by atoms with Gasteiger partial charge in [0.25, 0.3) is 0 Å². The molecule has 0 aliphatic heterocycles. The first-order valence-corrected chi connectivity index (χ1v) is 7.59. The zero-order valence-corrected chi connectivity index (χ0v) is 12.6. The summed E-state index contributed by atoms with van der Waals surface area (Å²) in [5, 5.41) is 0. The molecule has 0 heterocycles. The van der Waals surface area contributed by atoms with Crippen molar-refractivity contribution in [1.29, 1.82) is 0 Å². The first-order valence-electron chi connectivity index (χ1n) is 6.11. The van der Waals surface area contributed by atoms with E-state index in [0.717, 1.165) is 6.42 Å². The molecule has 3 nitrogen and oxygen atoms in total. The molecule has 0 saturated carbocycles. The highest BCUT2D eigenvalue weighted by atomic mass is 32.2. The summed E-state index contributed by atoms with van der Waals surface area (Å²) in [4.78, 5) is 0.312. The van der Waals surface area contributed by atoms with Gasteiger partial charge in [0.15, 0.2) is 0 Å². The van der Waals surface area contributed by atoms with Crippen LogP contribution in [0.5, 0.6) is 0 Å². The molecule has 0 fully saturated rings. The van der Waals surface area contributed by atoms with Crippen LogP contribution in [-0.4, -0.2) is 14.0 Å². The molecule has 0 radical (unpaired) electrons. The average molecular weight is 269 g/mol. The van der Waals surface area contributed by atoms with Crippen LogP contribution in [0.15, 0.2) is 35.2 Å². The number of nitrogens with one attached hydrogen (secondary N) is 1. The molecule has 102 valence electrons. The van der Waals surface area contributed by atoms with Gasteiger partial charge in [-0.05, 0) is 37.8 Å². The Bertz CT molecular complexity index is 484. The van der Waals surface area contributed by atoms with Gasteiger partial charge in [0.1, 0.15) is 0 Å². The van der Waals surface area contributed by atoms with Gasteiger partial charge in [-0.15, -0.1) is 0 Å². The molecular weight excluding hydrogens is 246 g/mol. The topological polar surface area (TPSA) is 46.2 Å². The SMILES string of the molecule is CC(C)(C)CC(C)(C)NS(=O)(=O)c1ccccc1. The number of sulfonamides is 1. The largest absolute Gasteiger partial charge is 0.241 e. The quantitative estimate of drug-likeness (QED) is 0.912. The third-order valence-electron chi connectivity index (χ3n) is 2.44. The van der Waals surface area contributed by atoms with Crippen LogP contribution in [0.25, 0.3) is 0 Å². The molecule has 0 unspecified atom stereocenters. The summed E-state index contributed by atoms with van der Waals surface area (Å²) in [5.74, 6) is 0. The van der Waals surface area contributed by atoms with E-state index in [1.807, 2.05) is 13.8 Å². The molecule has 1 aromatic carbocycles. The van der Waals surface area contributed by atoms with Gasteiger partial charge >= 0.3 is 0 Å². The highest BCUT2D eigenvalue weighted by Gasteiger charge is 2.30. The van der Waals surface area contributed by atoms with E-state index in [0.29, 0.717) is 4.90 Å². The molecule has 1 rings (SSSR count). The Kier molecular flexibility index (Phi) is 4.23. The highest BCUT2D eigenvalue weighted by molar-refractivity contribution is 7.89. The minimum absolute atomic E-state index is 0.0721. The Balaban J connectivity index is 2.90. The summed E-state index contributed by atoms with van der Waals surface area (Å²) < 4.78 is 27.2. The molecule has 18 heavy (non-hydrogen) atoms. The summed E-state index contributed by atoms with van der Waals surface area (Å²) in [6.45, 7) is 10.1. The van der Waals surface area contributed by atoms with Crippen molar-refractivity contribution in [2.24, 2.45) is 5.41 Å². The fourth-order valence-corrected chi connectivity index (χ4v) is 3.82. The van der Waals surface area contributed by atoms with E-state index in [9.17, 15) is 8.42 Å². The van der Waals surface area contributed by atoms with Crippen LogP contribution in [0.1, 0.15) is 41.0 Å². The lowest BCUT2D eigenvalue weighted by atomic mass is 9.82. The van der Waals surface area contributed by atoms with Crippen molar-refractivity contribution in [3.63, 3.8) is 0 Å². The summed E-state index contributed by atoms with van der Waals surface area (Å²) >= 11 is 0. The van der Waals surface area contributed by atoms with Gasteiger partial charge in [0.05, 0.1) is 4.90 Å². The number of hydrogen-bond acceptors (Lipinski definition) is 2. The zero-order valence-electron chi connectivity index (χ0n) is 11.8. The fourth-order valence-electron chi connectivity index (χ4n) is 2.38. The van der Waals surface area contributed by atoms with Crippen LogP contribution in [0.2, 0.25) is 0 Å². The minimum Gasteiger partial charge on any atom is -0.207 e. The van der Waals surface area contributed by atoms with Crippen molar-refractivity contribution in [3.05, 3.63) is 30.3 Å². The van der Waals surface area contributed by atoms with E-state index in [1.54, 1.807) is 30.3 Å². The van der Waals surface area contributed by atoms with Crippen molar-refractivity contribution >= 4 is 10.0 Å². The van der Waals surface area contributed by atoms with Crippen LogP contribution >= 0.6 is 0 Å². The van der Waals surface area contributed by atoms with Crippen molar-refractivity contribution in [2.75, 3.05) is 0 Å². The van der Waals surface area contributed by atoms with Crippen LogP contribution in [0.4, 0.5) is 0 Å². The van der Waals surface area contributed by atoms with Crippen molar-refractivity contribution in [3.8, 4) is 0 Å². The molecule has 4 heteroatoms. The monoisotopic (exact) mass is 269 g/mol. The van der Waals surface area contributed by atoms with E-state index in [4.69, 9.17) is 0 Å². The second-order valence-electron chi connectivity index (χ2n) is 6.54. The van der Waals surface area contributed by atoms with Gasteiger partial charge in [-0.3, -0.25) is 0 Å². The summed E-state index contributed by atoms with van der Waals surface area (Å²) in [6.07, 6.45) is 0.770. The Morgan fingerprint density at radius 2 is 1.50 bits per heavy atom. The molecule has 1 N–H and O–H groups in total. The molecular formula is C14H23NO2S. The molecule has 1 aromatic rings. The lowest BCUT2D eigenvalue weighted by Gasteiger charge is -2.32. The van der Waals surface area contributed by atoms with Crippen LogP contribution in [0, 0.1) is 5.41 Å². The van der Waals surface area contributed by atoms with Crippen molar-refractivity contribution < 1.29 is 8.42 Å². The smallest absolute Gasteiger partial charge is 0.207 e. The van der Waals surface area contributed by atoms with Gasteiger partial charge in [-0.2, -0.15) is 0 Å². The van der Waals surface area contributed by atoms with Gasteiger partial charge in [-0.1, -0.05) is 39.0 Å². The van der Waals surface area contributed by atoms with E-state index in [2.05, 4.69) is 25.5 Å². The first-order chi connectivity index (χ1) is 8.02. The normalized spacial score (nSPS) is 13.6. The van der Waals surface area contributed by atoms with Crippen LogP contribution in [0.3, 0.4) is 0 Å². The molecule has 0 amide bonds. The predicted octanol–water partition coefficient (Wildman–Crippen LogP) is 3.18. The second kappa shape index (κ2) is 5.02. The molecule has 0 aliphatic rings. The van der Waals surface area contributed by atoms with Gasteiger partial charge in [-0.25, -0.2) is 13.1 Å². The van der Waals surface area contributed by atoms with Gasteiger partial charge < -0.3 is 0 Å². The molecule has 0 aromatic heterocycles. The van der Waals surface area contributed by atoms with Crippen molar-refractivity contribution in [2.45, 2.75) is 51.5 Å². The Morgan fingerprint density at radius 1 is 1.00 bits per heavy atom. The Labute approximate surface area is 111 Å². The lowest BCUT2D eigenvalue weighted by Crippen LogP contribution is -2.45. The van der Waals surface area contributed by atoms with E-state index < -0.39 is 15.6 Å². The second-order valence-corrected chi connectivity index (χ2v) is 8.22. The van der Waals surface area contributed by atoms with Crippen LogP contribution < -0.4 is 4.72 Å². The Hall–Kier alpha value is -0.870. The van der Waals surface area contributed by atoms with Gasteiger partial charge in [0, 0.05) is 5.54 Å². The fraction of sp³-hybridized carbons (Fsp3) is 0.571. The van der Waals surface area contributed by atoms with Crippen molar-refractivity contribution in [1.82, 2.24) is 4.72 Å². The molecule has 0 spiro atoms. The number of hydrogen-bond donors (Lipinski definition) is 1. The maximum absolute atomic E-state index is 12.2. The molecule has 0 aliphatic carbocycles. The lowest BCUT2D eigenvalue weighted by molar-refractivity contribution is 0.269. The maximum Gasteiger partial charge on any atom is 0.241 e. The summed E-state index contributed by atoms with van der Waals surface area (Å²) in [6, 6.07) is 8.47. The summed E-state index contributed by atoms with van der Waals surface area (Å²) in [7, 11) is -3.44. The highest BCUT2D eigenvalue weighted by Crippen LogP contribution is 2.28.